The molecule has 5 N–H and O–H groups in total. The number of carboxylic acids is 1. The van der Waals surface area contributed by atoms with Crippen molar-refractivity contribution >= 4 is 46.1 Å². The molecule has 2 atom stereocenters. The molecule has 0 saturated carbocycles. The molecule has 2 heterocycles. The van der Waals surface area contributed by atoms with Gasteiger partial charge in [-0.2, -0.15) is 0 Å². The molecule has 1 fully saturated rings. The molecule has 0 bridgehead atoms. The lowest BCUT2D eigenvalue weighted by atomic mass is 9.97. The molecule has 0 aliphatic carbocycles. The summed E-state index contributed by atoms with van der Waals surface area (Å²) < 4.78 is 7.60. The number of halogens is 2. The number of amides is 1. The van der Waals surface area contributed by atoms with Gasteiger partial charge in [-0.25, -0.2) is 4.98 Å². The van der Waals surface area contributed by atoms with Crippen molar-refractivity contribution in [2.75, 3.05) is 20.3 Å². The number of aliphatic carboxylic acids is 1. The number of aliphatic hydroxyl groups is 1. The standard InChI is InChI=1S/C37H37Cl2N5O5/c1-49-33-15-25(30(38)14-24(33)17-41-31(20-45)37(47)48)19-44-21-42-36-29(6-3-7-32(36)44)28-5-2-4-27(35(28)39)23-10-8-22(9-11-23)16-40-18-26-12-13-34(46)43-26/h2-11,14-15,21,26,31,40-41,45H,12-13,16-20H2,1H3,(H,43,46)(H,47,48)/t26-,31-/m0/s1. The molecule has 0 spiro atoms. The zero-order valence-electron chi connectivity index (χ0n) is 26.9. The van der Waals surface area contributed by atoms with E-state index in [1.54, 1.807) is 19.5 Å². The summed E-state index contributed by atoms with van der Waals surface area (Å²) >= 11 is 13.8. The van der Waals surface area contributed by atoms with Gasteiger partial charge in [0.1, 0.15) is 11.8 Å². The summed E-state index contributed by atoms with van der Waals surface area (Å²) in [5.41, 5.74) is 8.03. The molecule has 1 saturated heterocycles. The summed E-state index contributed by atoms with van der Waals surface area (Å²) in [5.74, 6) is -0.473. The van der Waals surface area contributed by atoms with Crippen LogP contribution in [0, 0.1) is 0 Å². The summed E-state index contributed by atoms with van der Waals surface area (Å²) in [6.07, 6.45) is 3.24. The molecule has 6 rings (SSSR count). The van der Waals surface area contributed by atoms with Crippen LogP contribution in [0.15, 0.2) is 79.1 Å². The van der Waals surface area contributed by atoms with Crippen LogP contribution in [-0.2, 0) is 29.2 Å². The lowest BCUT2D eigenvalue weighted by Gasteiger charge is -2.16. The van der Waals surface area contributed by atoms with Crippen LogP contribution in [0.3, 0.4) is 0 Å². The Morgan fingerprint density at radius 3 is 2.51 bits per heavy atom. The van der Waals surface area contributed by atoms with Gasteiger partial charge in [0.15, 0.2) is 0 Å². The van der Waals surface area contributed by atoms with Gasteiger partial charge in [-0.1, -0.05) is 77.8 Å². The van der Waals surface area contributed by atoms with E-state index in [0.29, 0.717) is 40.9 Å². The van der Waals surface area contributed by atoms with Gasteiger partial charge >= 0.3 is 5.97 Å². The molecule has 254 valence electrons. The Hall–Kier alpha value is -4.45. The summed E-state index contributed by atoms with van der Waals surface area (Å²) in [6, 6.07) is 23.0. The van der Waals surface area contributed by atoms with Gasteiger partial charge in [0.25, 0.3) is 0 Å². The minimum Gasteiger partial charge on any atom is -0.496 e. The lowest BCUT2D eigenvalue weighted by molar-refractivity contribution is -0.140. The van der Waals surface area contributed by atoms with Gasteiger partial charge in [0.05, 0.1) is 42.6 Å². The number of carbonyl (C=O) groups excluding carboxylic acids is 1. The third-order valence-corrected chi connectivity index (χ3v) is 9.58. The zero-order chi connectivity index (χ0) is 34.5. The molecule has 1 amide bonds. The number of rotatable bonds is 14. The average molecular weight is 703 g/mol. The predicted octanol–water partition coefficient (Wildman–Crippen LogP) is 5.64. The second-order valence-corrected chi connectivity index (χ2v) is 12.8. The monoisotopic (exact) mass is 701 g/mol. The maximum atomic E-state index is 11.4. The third kappa shape index (κ3) is 7.74. The number of fused-ring (bicyclic) bond motifs is 1. The van der Waals surface area contributed by atoms with Gasteiger partial charge in [-0.15, -0.1) is 0 Å². The van der Waals surface area contributed by atoms with Gasteiger partial charge < -0.3 is 30.2 Å². The van der Waals surface area contributed by atoms with E-state index in [1.165, 1.54) is 0 Å². The fraction of sp³-hybridized carbons (Fsp3) is 0.270. The van der Waals surface area contributed by atoms with Crippen LogP contribution in [0.25, 0.3) is 33.3 Å². The van der Waals surface area contributed by atoms with Crippen molar-refractivity contribution in [2.24, 2.45) is 0 Å². The molecule has 0 unspecified atom stereocenters. The SMILES string of the molecule is COc1cc(Cn2cnc3c(-c4cccc(-c5ccc(CNC[C@@H]6CCC(=O)N6)cc5)c4Cl)cccc32)c(Cl)cc1CN[C@@H](CO)C(=O)O. The number of imidazole rings is 1. The number of nitrogens with zero attached hydrogens (tertiary/aromatic N) is 2. The minimum atomic E-state index is -1.14. The first kappa shape index (κ1) is 34.4. The summed E-state index contributed by atoms with van der Waals surface area (Å²) in [4.78, 5) is 27.5. The number of aromatic nitrogens is 2. The fourth-order valence-electron chi connectivity index (χ4n) is 6.15. The molecule has 0 radical (unpaired) electrons. The van der Waals surface area contributed by atoms with Crippen LogP contribution >= 0.6 is 23.2 Å². The number of hydrogen-bond acceptors (Lipinski definition) is 7. The highest BCUT2D eigenvalue weighted by atomic mass is 35.5. The van der Waals surface area contributed by atoms with E-state index < -0.39 is 18.6 Å². The Bertz CT molecular complexity index is 1980. The summed E-state index contributed by atoms with van der Waals surface area (Å²) in [5, 5.41) is 28.9. The Balaban J connectivity index is 1.20. The molecule has 1 aromatic heterocycles. The molecule has 1 aliphatic rings. The van der Waals surface area contributed by atoms with E-state index in [-0.39, 0.29) is 18.5 Å². The van der Waals surface area contributed by atoms with Crippen molar-refractivity contribution in [1.29, 1.82) is 0 Å². The van der Waals surface area contributed by atoms with Gasteiger partial charge in [-0.3, -0.25) is 14.9 Å². The van der Waals surface area contributed by atoms with Crippen LogP contribution < -0.4 is 20.7 Å². The number of benzene rings is 4. The number of hydrogen-bond donors (Lipinski definition) is 5. The Morgan fingerprint density at radius 2 is 1.80 bits per heavy atom. The van der Waals surface area contributed by atoms with E-state index in [0.717, 1.165) is 57.4 Å². The summed E-state index contributed by atoms with van der Waals surface area (Å²) in [6.45, 7) is 1.49. The number of ether oxygens (including phenoxy) is 1. The van der Waals surface area contributed by atoms with Crippen molar-refractivity contribution in [1.82, 2.24) is 25.5 Å². The maximum Gasteiger partial charge on any atom is 0.323 e. The molecule has 5 aromatic rings. The highest BCUT2D eigenvalue weighted by molar-refractivity contribution is 6.36. The minimum absolute atomic E-state index is 0.123. The second-order valence-electron chi connectivity index (χ2n) is 12.1. The van der Waals surface area contributed by atoms with Gasteiger partial charge in [0.2, 0.25) is 5.91 Å². The normalized spacial score (nSPS) is 15.0. The zero-order valence-corrected chi connectivity index (χ0v) is 28.4. The molecule has 4 aromatic carbocycles. The van der Waals surface area contributed by atoms with Crippen LogP contribution in [0.1, 0.15) is 29.5 Å². The number of aliphatic hydroxyl groups excluding tert-OH is 1. The molecule has 10 nitrogen and oxygen atoms in total. The van der Waals surface area contributed by atoms with E-state index in [9.17, 15) is 19.8 Å². The number of nitrogens with one attached hydrogen (secondary N) is 3. The van der Waals surface area contributed by atoms with Crippen molar-refractivity contribution in [3.05, 3.63) is 106 Å². The molecule has 12 heteroatoms. The summed E-state index contributed by atoms with van der Waals surface area (Å²) in [7, 11) is 1.54. The van der Waals surface area contributed by atoms with E-state index >= 15 is 0 Å². The number of carbonyl (C=O) groups is 2. The maximum absolute atomic E-state index is 11.4. The first-order valence-corrected chi connectivity index (χ1v) is 16.8. The number of para-hydroxylation sites is 1. The lowest BCUT2D eigenvalue weighted by Crippen LogP contribution is -2.39. The van der Waals surface area contributed by atoms with Crippen LogP contribution in [0.5, 0.6) is 5.75 Å². The Kier molecular flexibility index (Phi) is 10.8. The highest BCUT2D eigenvalue weighted by Gasteiger charge is 2.21. The molecule has 1 aliphatic heterocycles. The third-order valence-electron chi connectivity index (χ3n) is 8.82. The van der Waals surface area contributed by atoms with Crippen LogP contribution in [0.4, 0.5) is 0 Å². The van der Waals surface area contributed by atoms with E-state index in [2.05, 4.69) is 40.2 Å². The molecular weight excluding hydrogens is 665 g/mol. The molecule has 49 heavy (non-hydrogen) atoms. The smallest absolute Gasteiger partial charge is 0.323 e. The van der Waals surface area contributed by atoms with Crippen molar-refractivity contribution in [2.45, 2.75) is 44.6 Å². The second kappa shape index (κ2) is 15.4. The fourth-order valence-corrected chi connectivity index (χ4v) is 6.73. The largest absolute Gasteiger partial charge is 0.496 e. The van der Waals surface area contributed by atoms with E-state index in [1.807, 2.05) is 47.0 Å². The topological polar surface area (TPSA) is 138 Å². The highest BCUT2D eigenvalue weighted by Crippen LogP contribution is 2.39. The Morgan fingerprint density at radius 1 is 1.04 bits per heavy atom. The van der Waals surface area contributed by atoms with Gasteiger partial charge in [0, 0.05) is 59.4 Å². The van der Waals surface area contributed by atoms with Crippen molar-refractivity contribution < 1.29 is 24.5 Å². The molecular formula is C37H37Cl2N5O5. The first-order chi connectivity index (χ1) is 23.7. The van der Waals surface area contributed by atoms with Crippen LogP contribution in [-0.4, -0.2) is 64.0 Å². The van der Waals surface area contributed by atoms with E-state index in [4.69, 9.17) is 32.9 Å². The predicted molar refractivity (Wildman–Crippen MR) is 191 cm³/mol. The number of carboxylic acid groups (broad SMARTS) is 1. The van der Waals surface area contributed by atoms with Crippen molar-refractivity contribution in [3.63, 3.8) is 0 Å². The van der Waals surface area contributed by atoms with Gasteiger partial charge in [-0.05, 0) is 41.3 Å². The first-order valence-electron chi connectivity index (χ1n) is 16.0. The average Bonchev–Trinajstić information content (AvgIpc) is 3.72. The quantitative estimate of drug-likeness (QED) is 0.100. The van der Waals surface area contributed by atoms with Crippen LogP contribution in [0.2, 0.25) is 10.0 Å². The van der Waals surface area contributed by atoms with Crippen molar-refractivity contribution in [3.8, 4) is 28.0 Å². The Labute approximate surface area is 294 Å². The number of methoxy groups -OCH3 is 1.